The lowest BCUT2D eigenvalue weighted by atomic mass is 10.1. The van der Waals surface area contributed by atoms with Crippen molar-refractivity contribution < 1.29 is 14.3 Å². The highest BCUT2D eigenvalue weighted by Gasteiger charge is 2.26. The van der Waals surface area contributed by atoms with E-state index < -0.39 is 6.10 Å². The Bertz CT molecular complexity index is 612. The van der Waals surface area contributed by atoms with Gasteiger partial charge in [0.1, 0.15) is 6.10 Å². The smallest absolute Gasteiger partial charge is 0.253 e. The highest BCUT2D eigenvalue weighted by atomic mass is 35.5. The van der Waals surface area contributed by atoms with Crippen molar-refractivity contribution in [2.75, 3.05) is 11.9 Å². The number of carbonyl (C=O) groups is 2. The van der Waals surface area contributed by atoms with Gasteiger partial charge in [-0.25, -0.2) is 0 Å². The summed E-state index contributed by atoms with van der Waals surface area (Å²) in [6.45, 7) is 2.36. The molecule has 3 rings (SSSR count). The van der Waals surface area contributed by atoms with Crippen molar-refractivity contribution in [2.24, 2.45) is 5.92 Å². The van der Waals surface area contributed by atoms with E-state index in [9.17, 15) is 9.59 Å². The van der Waals surface area contributed by atoms with E-state index in [0.717, 1.165) is 12.8 Å². The molecule has 2 N–H and O–H groups in total. The van der Waals surface area contributed by atoms with E-state index in [-0.39, 0.29) is 17.9 Å². The van der Waals surface area contributed by atoms with Crippen LogP contribution in [0.3, 0.4) is 0 Å². The van der Waals surface area contributed by atoms with Gasteiger partial charge < -0.3 is 15.4 Å². The zero-order valence-corrected chi connectivity index (χ0v) is 13.9. The number of rotatable bonds is 7. The van der Waals surface area contributed by atoms with Crippen LogP contribution in [0, 0.1) is 5.92 Å². The zero-order chi connectivity index (χ0) is 16.4. The third-order valence-electron chi connectivity index (χ3n) is 4.04. The van der Waals surface area contributed by atoms with Gasteiger partial charge in [0.25, 0.3) is 11.8 Å². The second kappa shape index (κ2) is 6.89. The van der Waals surface area contributed by atoms with Crippen LogP contribution in [0.5, 0.6) is 0 Å². The molecule has 6 heteroatoms. The topological polar surface area (TPSA) is 67.4 Å². The number of halogens is 1. The molecule has 2 aliphatic carbocycles. The fourth-order valence-corrected chi connectivity index (χ4v) is 2.36. The largest absolute Gasteiger partial charge is 0.368 e. The molecule has 2 saturated carbocycles. The lowest BCUT2D eigenvalue weighted by Crippen LogP contribution is -2.29. The SMILES string of the molecule is CC(OCC1CC1)C(=O)Nc1ccc(Cl)c(C(=O)NC2CC2)c1. The molecule has 124 valence electrons. The van der Waals surface area contributed by atoms with Gasteiger partial charge in [0, 0.05) is 11.7 Å². The Kier molecular flexibility index (Phi) is 4.87. The van der Waals surface area contributed by atoms with Gasteiger partial charge in [0.2, 0.25) is 0 Å². The van der Waals surface area contributed by atoms with Gasteiger partial charge in [-0.15, -0.1) is 0 Å². The maximum Gasteiger partial charge on any atom is 0.253 e. The molecule has 0 spiro atoms. The van der Waals surface area contributed by atoms with Crippen molar-refractivity contribution in [2.45, 2.75) is 44.8 Å². The quantitative estimate of drug-likeness (QED) is 0.804. The average Bonchev–Trinajstić information content (AvgIpc) is 3.41. The summed E-state index contributed by atoms with van der Waals surface area (Å²) in [7, 11) is 0. The molecule has 5 nitrogen and oxygen atoms in total. The van der Waals surface area contributed by atoms with E-state index >= 15 is 0 Å². The molecule has 2 fully saturated rings. The normalized spacial score (nSPS) is 18.3. The standard InChI is InChI=1S/C17H21ClN2O3/c1-10(23-9-11-2-3-11)16(21)20-13-6-7-15(18)14(8-13)17(22)19-12-4-5-12/h6-8,10-12H,2-5,9H2,1H3,(H,19,22)(H,20,21). The lowest BCUT2D eigenvalue weighted by Gasteiger charge is -2.14. The Hall–Kier alpha value is -1.59. The maximum atomic E-state index is 12.1. The molecule has 0 radical (unpaired) electrons. The summed E-state index contributed by atoms with van der Waals surface area (Å²) in [5, 5.41) is 6.04. The van der Waals surface area contributed by atoms with Gasteiger partial charge in [-0.2, -0.15) is 0 Å². The molecule has 0 bridgehead atoms. The van der Waals surface area contributed by atoms with Gasteiger partial charge in [-0.05, 0) is 56.7 Å². The van der Waals surface area contributed by atoms with E-state index in [0.29, 0.717) is 28.8 Å². The first-order valence-electron chi connectivity index (χ1n) is 8.06. The molecule has 1 atom stereocenters. The molecule has 0 aliphatic heterocycles. The van der Waals surface area contributed by atoms with Gasteiger partial charge >= 0.3 is 0 Å². The van der Waals surface area contributed by atoms with Crippen molar-refractivity contribution in [3.8, 4) is 0 Å². The van der Waals surface area contributed by atoms with Crippen molar-refractivity contribution in [3.05, 3.63) is 28.8 Å². The van der Waals surface area contributed by atoms with Gasteiger partial charge in [-0.1, -0.05) is 11.6 Å². The number of carbonyl (C=O) groups excluding carboxylic acids is 2. The van der Waals surface area contributed by atoms with E-state index in [1.165, 1.54) is 12.8 Å². The number of nitrogens with one attached hydrogen (secondary N) is 2. The number of amides is 2. The lowest BCUT2D eigenvalue weighted by molar-refractivity contribution is -0.126. The molecule has 0 heterocycles. The van der Waals surface area contributed by atoms with Crippen molar-refractivity contribution >= 4 is 29.1 Å². The van der Waals surface area contributed by atoms with Crippen molar-refractivity contribution in [1.29, 1.82) is 0 Å². The number of hydrogen-bond acceptors (Lipinski definition) is 3. The van der Waals surface area contributed by atoms with Crippen LogP contribution >= 0.6 is 11.6 Å². The minimum absolute atomic E-state index is 0.202. The Morgan fingerprint density at radius 1 is 1.30 bits per heavy atom. The van der Waals surface area contributed by atoms with Crippen molar-refractivity contribution in [3.63, 3.8) is 0 Å². The van der Waals surface area contributed by atoms with Crippen LogP contribution in [0.25, 0.3) is 0 Å². The second-order valence-corrected chi connectivity index (χ2v) is 6.76. The Morgan fingerprint density at radius 2 is 2.04 bits per heavy atom. The predicted molar refractivity (Wildman–Crippen MR) is 88.7 cm³/mol. The number of hydrogen-bond donors (Lipinski definition) is 2. The van der Waals surface area contributed by atoms with E-state index in [4.69, 9.17) is 16.3 Å². The molecule has 0 saturated heterocycles. The summed E-state index contributed by atoms with van der Waals surface area (Å²) in [5.74, 6) is 0.187. The van der Waals surface area contributed by atoms with Crippen LogP contribution in [-0.4, -0.2) is 30.6 Å². The molecule has 23 heavy (non-hydrogen) atoms. The Balaban J connectivity index is 1.59. The summed E-state index contributed by atoms with van der Waals surface area (Å²) in [6, 6.07) is 5.16. The highest BCUT2D eigenvalue weighted by molar-refractivity contribution is 6.34. The minimum atomic E-state index is -0.519. The van der Waals surface area contributed by atoms with Crippen LogP contribution in [0.4, 0.5) is 5.69 Å². The third-order valence-corrected chi connectivity index (χ3v) is 4.37. The molecule has 1 aromatic rings. The average molecular weight is 337 g/mol. The van der Waals surface area contributed by atoms with Crippen LogP contribution in [-0.2, 0) is 9.53 Å². The minimum Gasteiger partial charge on any atom is -0.368 e. The monoisotopic (exact) mass is 336 g/mol. The summed E-state index contributed by atoms with van der Waals surface area (Å²) in [6.07, 6.45) is 3.87. The fourth-order valence-electron chi connectivity index (χ4n) is 2.15. The van der Waals surface area contributed by atoms with Crippen LogP contribution in [0.1, 0.15) is 43.0 Å². The number of ether oxygens (including phenoxy) is 1. The van der Waals surface area contributed by atoms with Crippen LogP contribution in [0.2, 0.25) is 5.02 Å². The summed E-state index contributed by atoms with van der Waals surface area (Å²) in [5.41, 5.74) is 0.921. The van der Waals surface area contributed by atoms with E-state index in [1.807, 2.05) is 0 Å². The summed E-state index contributed by atoms with van der Waals surface area (Å²) in [4.78, 5) is 24.3. The zero-order valence-electron chi connectivity index (χ0n) is 13.1. The molecular weight excluding hydrogens is 316 g/mol. The van der Waals surface area contributed by atoms with E-state index in [1.54, 1.807) is 25.1 Å². The van der Waals surface area contributed by atoms with Crippen molar-refractivity contribution in [1.82, 2.24) is 5.32 Å². The highest BCUT2D eigenvalue weighted by Crippen LogP contribution is 2.29. The van der Waals surface area contributed by atoms with Crippen LogP contribution < -0.4 is 10.6 Å². The van der Waals surface area contributed by atoms with Gasteiger partial charge in [0.05, 0.1) is 17.2 Å². The third kappa shape index (κ3) is 4.69. The first kappa shape index (κ1) is 16.3. The number of anilines is 1. The Labute approximate surface area is 140 Å². The molecule has 2 amide bonds. The number of benzene rings is 1. The van der Waals surface area contributed by atoms with E-state index in [2.05, 4.69) is 10.6 Å². The summed E-state index contributed by atoms with van der Waals surface area (Å²) < 4.78 is 5.54. The van der Waals surface area contributed by atoms with Gasteiger partial charge in [0.15, 0.2) is 0 Å². The maximum absolute atomic E-state index is 12.1. The molecule has 1 aromatic carbocycles. The molecular formula is C17H21ClN2O3. The van der Waals surface area contributed by atoms with Crippen LogP contribution in [0.15, 0.2) is 18.2 Å². The molecule has 0 aromatic heterocycles. The Morgan fingerprint density at radius 3 is 2.70 bits per heavy atom. The fraction of sp³-hybridized carbons (Fsp3) is 0.529. The van der Waals surface area contributed by atoms with Gasteiger partial charge in [-0.3, -0.25) is 9.59 Å². The first-order chi connectivity index (χ1) is 11.0. The predicted octanol–water partition coefficient (Wildman–Crippen LogP) is 2.99. The summed E-state index contributed by atoms with van der Waals surface area (Å²) >= 11 is 6.09. The first-order valence-corrected chi connectivity index (χ1v) is 8.43. The second-order valence-electron chi connectivity index (χ2n) is 6.35. The molecule has 2 aliphatic rings. The molecule has 1 unspecified atom stereocenters.